The van der Waals surface area contributed by atoms with Gasteiger partial charge in [0.25, 0.3) is 0 Å². The third kappa shape index (κ3) is 5.06. The predicted octanol–water partition coefficient (Wildman–Crippen LogP) is 1.30. The maximum atomic E-state index is 12.0. The predicted molar refractivity (Wildman–Crippen MR) is 75.4 cm³/mol. The summed E-state index contributed by atoms with van der Waals surface area (Å²) in [7, 11) is -3.88. The number of hydrogen-bond acceptors (Lipinski definition) is 4. The van der Waals surface area contributed by atoms with Crippen molar-refractivity contribution in [1.82, 2.24) is 15.0 Å². The molecule has 1 heterocycles. The van der Waals surface area contributed by atoms with Crippen molar-refractivity contribution in [3.8, 4) is 0 Å². The van der Waals surface area contributed by atoms with E-state index in [-0.39, 0.29) is 22.6 Å². The van der Waals surface area contributed by atoms with Gasteiger partial charge in [0.1, 0.15) is 10.0 Å². The highest BCUT2D eigenvalue weighted by Crippen LogP contribution is 2.22. The highest BCUT2D eigenvalue weighted by atomic mass is 79.9. The first kappa shape index (κ1) is 16.4. The molecule has 6 nitrogen and oxygen atoms in total. The number of hydrogen-bond donors (Lipinski definition) is 2. The molecule has 1 aromatic rings. The van der Waals surface area contributed by atoms with Gasteiger partial charge >= 0.3 is 0 Å². The molecule has 0 bridgehead atoms. The average molecular weight is 371 g/mol. The normalized spacial score (nSPS) is 11.6. The molecule has 0 aliphatic rings. The maximum Gasteiger partial charge on any atom is 0.244 e. The molecule has 0 aromatic carbocycles. The van der Waals surface area contributed by atoms with E-state index < -0.39 is 15.9 Å². The summed E-state index contributed by atoms with van der Waals surface area (Å²) in [5.41, 5.74) is 0. The smallest absolute Gasteiger partial charge is 0.244 e. The van der Waals surface area contributed by atoms with Gasteiger partial charge in [0.15, 0.2) is 0 Å². The van der Waals surface area contributed by atoms with E-state index in [4.69, 9.17) is 11.6 Å². The van der Waals surface area contributed by atoms with Crippen LogP contribution in [0.5, 0.6) is 0 Å². The second kappa shape index (κ2) is 6.65. The zero-order valence-corrected chi connectivity index (χ0v) is 13.4. The van der Waals surface area contributed by atoms with Crippen LogP contribution in [-0.2, 0) is 14.8 Å². The summed E-state index contributed by atoms with van der Waals surface area (Å²) in [6.45, 7) is 3.20. The van der Waals surface area contributed by atoms with Gasteiger partial charge in [-0.1, -0.05) is 11.6 Å². The average Bonchev–Trinajstić information content (AvgIpc) is 2.29. The first-order valence-corrected chi connectivity index (χ1v) is 7.98. The first-order chi connectivity index (χ1) is 8.72. The zero-order chi connectivity index (χ0) is 14.6. The molecule has 2 N–H and O–H groups in total. The highest BCUT2D eigenvalue weighted by molar-refractivity contribution is 9.10. The van der Waals surface area contributed by atoms with Crippen LogP contribution < -0.4 is 10.0 Å². The van der Waals surface area contributed by atoms with E-state index in [9.17, 15) is 13.2 Å². The van der Waals surface area contributed by atoms with Crippen molar-refractivity contribution in [2.45, 2.75) is 24.8 Å². The minimum Gasteiger partial charge on any atom is -0.353 e. The molecule has 9 heteroatoms. The zero-order valence-electron chi connectivity index (χ0n) is 10.3. The second-order valence-corrected chi connectivity index (χ2v) is 7.00. The summed E-state index contributed by atoms with van der Waals surface area (Å²) in [5, 5.41) is 2.42. The number of halogens is 2. The lowest BCUT2D eigenvalue weighted by Crippen LogP contribution is -2.39. The van der Waals surface area contributed by atoms with Gasteiger partial charge in [-0.25, -0.2) is 18.1 Å². The molecule has 1 aromatic heterocycles. The summed E-state index contributed by atoms with van der Waals surface area (Å²) in [6.07, 6.45) is 1.38. The van der Waals surface area contributed by atoms with E-state index in [0.717, 1.165) is 0 Å². The molecule has 0 spiro atoms. The van der Waals surface area contributed by atoms with Crippen LogP contribution in [-0.4, -0.2) is 31.9 Å². The molecule has 0 aliphatic heterocycles. The molecule has 0 fully saturated rings. The van der Waals surface area contributed by atoms with Gasteiger partial charge in [-0.2, -0.15) is 0 Å². The van der Waals surface area contributed by atoms with Gasteiger partial charge < -0.3 is 5.32 Å². The molecule has 0 saturated heterocycles. The van der Waals surface area contributed by atoms with Crippen molar-refractivity contribution in [3.63, 3.8) is 0 Å². The lowest BCUT2D eigenvalue weighted by Gasteiger charge is -2.10. The summed E-state index contributed by atoms with van der Waals surface area (Å²) in [5.74, 6) is -0.419. The van der Waals surface area contributed by atoms with Crippen LogP contribution in [0, 0.1) is 0 Å². The number of amides is 1. The van der Waals surface area contributed by atoms with Gasteiger partial charge in [-0.15, -0.1) is 0 Å². The van der Waals surface area contributed by atoms with E-state index in [0.29, 0.717) is 4.47 Å². The quantitative estimate of drug-likeness (QED) is 0.765. The Kier molecular flexibility index (Phi) is 5.72. The Morgan fingerprint density at radius 3 is 2.74 bits per heavy atom. The van der Waals surface area contributed by atoms with Crippen LogP contribution >= 0.6 is 27.5 Å². The Bertz CT molecular complexity index is 577. The first-order valence-electron chi connectivity index (χ1n) is 5.32. The molecule has 0 unspecified atom stereocenters. The number of nitrogens with one attached hydrogen (secondary N) is 2. The Labute approximate surface area is 125 Å². The lowest BCUT2D eigenvalue weighted by molar-refractivity contribution is -0.120. The van der Waals surface area contributed by atoms with Crippen molar-refractivity contribution in [2.75, 3.05) is 6.54 Å². The van der Waals surface area contributed by atoms with E-state index in [2.05, 4.69) is 31.0 Å². The van der Waals surface area contributed by atoms with Crippen molar-refractivity contribution in [3.05, 3.63) is 21.9 Å². The van der Waals surface area contributed by atoms with Crippen LogP contribution in [0.4, 0.5) is 0 Å². The molecular weight excluding hydrogens is 358 g/mol. The number of carbonyl (C=O) groups is 1. The fraction of sp³-hybridized carbons (Fsp3) is 0.400. The highest BCUT2D eigenvalue weighted by Gasteiger charge is 2.20. The van der Waals surface area contributed by atoms with Crippen molar-refractivity contribution >= 4 is 43.5 Å². The van der Waals surface area contributed by atoms with Gasteiger partial charge in [-0.05, 0) is 35.8 Å². The summed E-state index contributed by atoms with van der Waals surface area (Å²) < 4.78 is 26.6. The Balaban J connectivity index is 2.82. The number of aromatic nitrogens is 1. The number of rotatable bonds is 5. The van der Waals surface area contributed by atoms with Crippen LogP contribution in [0.15, 0.2) is 21.6 Å². The van der Waals surface area contributed by atoms with Crippen molar-refractivity contribution in [1.29, 1.82) is 0 Å². The number of sulfonamides is 1. The van der Waals surface area contributed by atoms with Crippen molar-refractivity contribution < 1.29 is 13.2 Å². The Hall–Kier alpha value is -0.700. The van der Waals surface area contributed by atoms with Gasteiger partial charge in [0.05, 0.1) is 6.54 Å². The maximum absolute atomic E-state index is 12.0. The van der Waals surface area contributed by atoms with E-state index in [1.165, 1.54) is 12.3 Å². The van der Waals surface area contributed by atoms with Gasteiger partial charge in [-0.3, -0.25) is 4.79 Å². The van der Waals surface area contributed by atoms with Crippen LogP contribution in [0.1, 0.15) is 13.8 Å². The SMILES string of the molecule is CC(C)NC(=O)CNS(=O)(=O)c1cc(Br)cnc1Cl. The summed E-state index contributed by atoms with van der Waals surface area (Å²) in [6, 6.07) is 1.26. The van der Waals surface area contributed by atoms with Crippen LogP contribution in [0.25, 0.3) is 0 Å². The van der Waals surface area contributed by atoms with Crippen molar-refractivity contribution in [2.24, 2.45) is 0 Å². The van der Waals surface area contributed by atoms with Gasteiger partial charge in [0, 0.05) is 16.7 Å². The third-order valence-corrected chi connectivity index (χ3v) is 4.20. The molecule has 1 rings (SSSR count). The molecule has 0 atom stereocenters. The standard InChI is InChI=1S/C10H13BrClN3O3S/c1-6(2)15-9(16)5-14-19(17,18)8-3-7(11)4-13-10(8)12/h3-4,6,14H,5H2,1-2H3,(H,15,16). The summed E-state index contributed by atoms with van der Waals surface area (Å²) in [4.78, 5) is 14.9. The molecule has 106 valence electrons. The fourth-order valence-corrected chi connectivity index (χ4v) is 3.13. The largest absolute Gasteiger partial charge is 0.353 e. The minimum atomic E-state index is -3.88. The van der Waals surface area contributed by atoms with Gasteiger partial charge in [0.2, 0.25) is 15.9 Å². The minimum absolute atomic E-state index is 0.0619. The lowest BCUT2D eigenvalue weighted by atomic mass is 10.4. The Morgan fingerprint density at radius 1 is 1.53 bits per heavy atom. The number of pyridine rings is 1. The topological polar surface area (TPSA) is 88.2 Å². The summed E-state index contributed by atoms with van der Waals surface area (Å²) >= 11 is 8.84. The number of nitrogens with zero attached hydrogens (tertiary/aromatic N) is 1. The Morgan fingerprint density at radius 2 is 2.16 bits per heavy atom. The second-order valence-electron chi connectivity index (χ2n) is 3.99. The van der Waals surface area contributed by atoms with E-state index >= 15 is 0 Å². The molecule has 0 radical (unpaired) electrons. The fourth-order valence-electron chi connectivity index (χ4n) is 1.20. The molecule has 0 saturated carbocycles. The van der Waals surface area contributed by atoms with Crippen LogP contribution in [0.2, 0.25) is 5.15 Å². The molecule has 19 heavy (non-hydrogen) atoms. The third-order valence-electron chi connectivity index (χ3n) is 1.94. The molecule has 1 amide bonds. The van der Waals surface area contributed by atoms with E-state index in [1.807, 2.05) is 0 Å². The molecule has 0 aliphatic carbocycles. The number of carbonyl (C=O) groups excluding carboxylic acids is 1. The van der Waals surface area contributed by atoms with E-state index in [1.54, 1.807) is 13.8 Å². The monoisotopic (exact) mass is 369 g/mol. The van der Waals surface area contributed by atoms with Crippen LogP contribution in [0.3, 0.4) is 0 Å². The molecular formula is C10H13BrClN3O3S.